The number of nitrogens with zero attached hydrogens (tertiary/aromatic N) is 4. The number of amides is 2. The quantitative estimate of drug-likeness (QED) is 0.401. The summed E-state index contributed by atoms with van der Waals surface area (Å²) in [4.78, 5) is 25.4. The van der Waals surface area contributed by atoms with Crippen molar-refractivity contribution in [3.8, 4) is 5.69 Å². The molecule has 9 heteroatoms. The average molecular weight is 459 g/mol. The highest BCUT2D eigenvalue weighted by molar-refractivity contribution is 7.99. The van der Waals surface area contributed by atoms with Crippen LogP contribution < -0.4 is 10.6 Å². The molecule has 0 bridgehead atoms. The molecule has 1 aromatic heterocycles. The maximum absolute atomic E-state index is 12.7. The monoisotopic (exact) mass is 458 g/mol. The molecule has 8 nitrogen and oxygen atoms in total. The van der Waals surface area contributed by atoms with Gasteiger partial charge < -0.3 is 10.6 Å². The van der Waals surface area contributed by atoms with Gasteiger partial charge >= 0.3 is 0 Å². The van der Waals surface area contributed by atoms with E-state index in [1.54, 1.807) is 41.1 Å². The van der Waals surface area contributed by atoms with E-state index in [1.807, 2.05) is 50.2 Å². The van der Waals surface area contributed by atoms with E-state index in [4.69, 9.17) is 0 Å². The van der Waals surface area contributed by atoms with Crippen molar-refractivity contribution < 1.29 is 9.59 Å². The Hall–Kier alpha value is -3.98. The van der Waals surface area contributed by atoms with E-state index in [2.05, 4.69) is 26.2 Å². The van der Waals surface area contributed by atoms with Crippen molar-refractivity contribution in [1.29, 1.82) is 0 Å². The lowest BCUT2D eigenvalue weighted by atomic mass is 10.1. The molecule has 33 heavy (non-hydrogen) atoms. The van der Waals surface area contributed by atoms with Gasteiger partial charge in [-0.25, -0.2) is 0 Å². The molecule has 0 atom stereocenters. The fourth-order valence-electron chi connectivity index (χ4n) is 3.38. The number of rotatable bonds is 7. The summed E-state index contributed by atoms with van der Waals surface area (Å²) in [5.74, 6) is -0.486. The number of anilines is 2. The van der Waals surface area contributed by atoms with Crippen LogP contribution in [-0.4, -0.2) is 37.8 Å². The average Bonchev–Trinajstić information content (AvgIpc) is 3.27. The standard InChI is InChI=1S/C24H22N6O2S/c1-16-9-8-10-17(2)22(16)30-24(27-28-29-30)33-15-21(31)26-20-14-7-6-13-19(20)23(32)25-18-11-4-3-5-12-18/h3-14H,15H2,1-2H3,(H,25,32)(H,26,31). The number of nitrogens with one attached hydrogen (secondary N) is 2. The molecule has 0 fully saturated rings. The van der Waals surface area contributed by atoms with Gasteiger partial charge in [-0.05, 0) is 59.7 Å². The summed E-state index contributed by atoms with van der Waals surface area (Å²) < 4.78 is 1.64. The molecule has 0 aliphatic carbocycles. The Morgan fingerprint density at radius 2 is 1.58 bits per heavy atom. The third-order valence-corrected chi connectivity index (χ3v) is 5.82. The summed E-state index contributed by atoms with van der Waals surface area (Å²) >= 11 is 1.22. The Morgan fingerprint density at radius 3 is 2.33 bits per heavy atom. The van der Waals surface area contributed by atoms with Gasteiger partial charge in [0.25, 0.3) is 5.91 Å². The normalized spacial score (nSPS) is 10.6. The van der Waals surface area contributed by atoms with E-state index in [0.29, 0.717) is 22.1 Å². The van der Waals surface area contributed by atoms with Crippen LogP contribution in [0.3, 0.4) is 0 Å². The highest BCUT2D eigenvalue weighted by Crippen LogP contribution is 2.24. The van der Waals surface area contributed by atoms with Gasteiger partial charge in [0.2, 0.25) is 11.1 Å². The number of carbonyl (C=O) groups excluding carboxylic acids is 2. The topological polar surface area (TPSA) is 102 Å². The van der Waals surface area contributed by atoms with E-state index >= 15 is 0 Å². The smallest absolute Gasteiger partial charge is 0.257 e. The fraction of sp³-hybridized carbons (Fsp3) is 0.125. The number of para-hydroxylation sites is 3. The van der Waals surface area contributed by atoms with E-state index in [9.17, 15) is 9.59 Å². The van der Waals surface area contributed by atoms with Crippen LogP contribution in [0, 0.1) is 13.8 Å². The summed E-state index contributed by atoms with van der Waals surface area (Å²) in [7, 11) is 0. The first-order chi connectivity index (χ1) is 16.0. The largest absolute Gasteiger partial charge is 0.325 e. The highest BCUT2D eigenvalue weighted by atomic mass is 32.2. The number of thioether (sulfide) groups is 1. The molecule has 4 aromatic rings. The van der Waals surface area contributed by atoms with Gasteiger partial charge in [0.05, 0.1) is 22.7 Å². The minimum absolute atomic E-state index is 0.0833. The molecular formula is C24H22N6O2S. The Balaban J connectivity index is 1.44. The van der Waals surface area contributed by atoms with Crippen LogP contribution in [0.5, 0.6) is 0 Å². The summed E-state index contributed by atoms with van der Waals surface area (Å²) in [6.45, 7) is 3.98. The van der Waals surface area contributed by atoms with Gasteiger partial charge in [-0.1, -0.05) is 60.3 Å². The Kier molecular flexibility index (Phi) is 6.80. The molecule has 0 saturated carbocycles. The predicted molar refractivity (Wildman–Crippen MR) is 129 cm³/mol. The number of hydrogen-bond acceptors (Lipinski definition) is 6. The summed E-state index contributed by atoms with van der Waals surface area (Å²) in [6.07, 6.45) is 0. The molecule has 4 rings (SSSR count). The van der Waals surface area contributed by atoms with Crippen LogP contribution >= 0.6 is 11.8 Å². The predicted octanol–water partition coefficient (Wildman–Crippen LogP) is 4.26. The van der Waals surface area contributed by atoms with Crippen LogP contribution in [0.15, 0.2) is 78.0 Å². The second-order valence-corrected chi connectivity index (χ2v) is 8.26. The van der Waals surface area contributed by atoms with Crippen molar-refractivity contribution in [2.45, 2.75) is 19.0 Å². The second-order valence-electron chi connectivity index (χ2n) is 7.32. The minimum atomic E-state index is -0.302. The molecular weight excluding hydrogens is 436 g/mol. The third-order valence-electron chi connectivity index (χ3n) is 4.90. The SMILES string of the molecule is Cc1cccc(C)c1-n1nnnc1SCC(=O)Nc1ccccc1C(=O)Nc1ccccc1. The van der Waals surface area contributed by atoms with E-state index < -0.39 is 0 Å². The molecule has 0 aliphatic heterocycles. The molecule has 2 N–H and O–H groups in total. The Morgan fingerprint density at radius 1 is 0.879 bits per heavy atom. The molecule has 1 heterocycles. The maximum atomic E-state index is 12.7. The number of aromatic nitrogens is 4. The third kappa shape index (κ3) is 5.27. The maximum Gasteiger partial charge on any atom is 0.257 e. The van der Waals surface area contributed by atoms with Gasteiger partial charge in [0.15, 0.2) is 0 Å². The van der Waals surface area contributed by atoms with Crippen molar-refractivity contribution in [3.63, 3.8) is 0 Å². The van der Waals surface area contributed by atoms with Crippen molar-refractivity contribution in [1.82, 2.24) is 20.2 Å². The first kappa shape index (κ1) is 22.2. The lowest BCUT2D eigenvalue weighted by molar-refractivity contribution is -0.113. The Labute approximate surface area is 195 Å². The second kappa shape index (κ2) is 10.1. The van der Waals surface area contributed by atoms with Gasteiger partial charge in [-0.2, -0.15) is 4.68 Å². The molecule has 0 unspecified atom stereocenters. The number of tetrazole rings is 1. The van der Waals surface area contributed by atoms with E-state index in [0.717, 1.165) is 16.8 Å². The summed E-state index contributed by atoms with van der Waals surface area (Å²) in [6, 6.07) is 22.0. The number of hydrogen-bond donors (Lipinski definition) is 2. The van der Waals surface area contributed by atoms with E-state index in [1.165, 1.54) is 11.8 Å². The van der Waals surface area contributed by atoms with Crippen LogP contribution in [0.1, 0.15) is 21.5 Å². The Bertz CT molecular complexity index is 1270. The van der Waals surface area contributed by atoms with Crippen LogP contribution in [0.4, 0.5) is 11.4 Å². The van der Waals surface area contributed by atoms with Crippen LogP contribution in [0.2, 0.25) is 0 Å². The fourth-order valence-corrected chi connectivity index (χ4v) is 4.05. The first-order valence-electron chi connectivity index (χ1n) is 10.3. The zero-order valence-electron chi connectivity index (χ0n) is 18.1. The lowest BCUT2D eigenvalue weighted by Gasteiger charge is -2.12. The number of aryl methyl sites for hydroxylation is 2. The minimum Gasteiger partial charge on any atom is -0.325 e. The van der Waals surface area contributed by atoms with Gasteiger partial charge in [0.1, 0.15) is 0 Å². The van der Waals surface area contributed by atoms with Crippen LogP contribution in [-0.2, 0) is 4.79 Å². The zero-order valence-corrected chi connectivity index (χ0v) is 19.0. The molecule has 3 aromatic carbocycles. The van der Waals surface area contributed by atoms with E-state index in [-0.39, 0.29) is 17.6 Å². The molecule has 0 radical (unpaired) electrons. The van der Waals surface area contributed by atoms with Crippen molar-refractivity contribution in [3.05, 3.63) is 89.5 Å². The summed E-state index contributed by atoms with van der Waals surface area (Å²) in [5.41, 5.74) is 4.45. The van der Waals surface area contributed by atoms with Crippen molar-refractivity contribution >= 4 is 35.0 Å². The molecule has 0 aliphatic rings. The molecule has 0 spiro atoms. The van der Waals surface area contributed by atoms with Gasteiger partial charge in [-0.15, -0.1) is 5.10 Å². The summed E-state index contributed by atoms with van der Waals surface area (Å²) in [5, 5.41) is 18.1. The van der Waals surface area contributed by atoms with Gasteiger partial charge in [0, 0.05) is 5.69 Å². The molecule has 0 saturated heterocycles. The van der Waals surface area contributed by atoms with Gasteiger partial charge in [-0.3, -0.25) is 9.59 Å². The van der Waals surface area contributed by atoms with Crippen molar-refractivity contribution in [2.75, 3.05) is 16.4 Å². The lowest BCUT2D eigenvalue weighted by Crippen LogP contribution is -2.19. The molecule has 166 valence electrons. The first-order valence-corrected chi connectivity index (χ1v) is 11.2. The molecule has 2 amide bonds. The van der Waals surface area contributed by atoms with Crippen LogP contribution in [0.25, 0.3) is 5.69 Å². The number of benzene rings is 3. The van der Waals surface area contributed by atoms with Crippen molar-refractivity contribution in [2.24, 2.45) is 0 Å². The highest BCUT2D eigenvalue weighted by Gasteiger charge is 2.17. The number of carbonyl (C=O) groups is 2. The zero-order chi connectivity index (χ0) is 23.2.